The Morgan fingerprint density at radius 1 is 1.13 bits per heavy atom. The minimum atomic E-state index is 0.629. The summed E-state index contributed by atoms with van der Waals surface area (Å²) in [5.74, 6) is 0. The average molecular weight is 214 g/mol. The minimum Gasteiger partial charge on any atom is -0.379 e. The summed E-state index contributed by atoms with van der Waals surface area (Å²) in [5.41, 5.74) is 0. The maximum Gasteiger partial charge on any atom is 0.0594 e. The van der Waals surface area contributed by atoms with E-state index in [0.29, 0.717) is 6.04 Å². The molecule has 0 aromatic rings. The highest BCUT2D eigenvalue weighted by Crippen LogP contribution is 2.01. The van der Waals surface area contributed by atoms with Crippen LogP contribution in [0.25, 0.3) is 0 Å². The standard InChI is InChI=1S/C12H26N2O/c1-12(2)13-6-4-3-5-7-14-8-10-15-11-9-14/h12-13H,3-11H2,1-2H3. The third-order valence-corrected chi connectivity index (χ3v) is 2.81. The zero-order valence-electron chi connectivity index (χ0n) is 10.3. The van der Waals surface area contributed by atoms with Gasteiger partial charge in [0.1, 0.15) is 0 Å². The van der Waals surface area contributed by atoms with Crippen LogP contribution in [0.5, 0.6) is 0 Å². The molecule has 0 aromatic carbocycles. The second-order valence-electron chi connectivity index (χ2n) is 4.62. The lowest BCUT2D eigenvalue weighted by Crippen LogP contribution is -2.36. The monoisotopic (exact) mass is 214 g/mol. The van der Waals surface area contributed by atoms with Crippen LogP contribution in [0.2, 0.25) is 0 Å². The van der Waals surface area contributed by atoms with Crippen molar-refractivity contribution in [3.05, 3.63) is 0 Å². The zero-order chi connectivity index (χ0) is 10.9. The Morgan fingerprint density at radius 3 is 2.53 bits per heavy atom. The molecule has 1 fully saturated rings. The van der Waals surface area contributed by atoms with E-state index in [1.165, 1.54) is 32.4 Å². The molecular formula is C12H26N2O. The molecule has 0 aliphatic carbocycles. The largest absolute Gasteiger partial charge is 0.379 e. The van der Waals surface area contributed by atoms with Crippen LogP contribution in [-0.4, -0.2) is 50.3 Å². The van der Waals surface area contributed by atoms with Crippen molar-refractivity contribution in [3.8, 4) is 0 Å². The first kappa shape index (κ1) is 12.9. The van der Waals surface area contributed by atoms with E-state index in [-0.39, 0.29) is 0 Å². The molecule has 90 valence electrons. The third-order valence-electron chi connectivity index (χ3n) is 2.81. The molecule has 1 heterocycles. The number of unbranched alkanes of at least 4 members (excludes halogenated alkanes) is 2. The van der Waals surface area contributed by atoms with Crippen LogP contribution < -0.4 is 5.32 Å². The van der Waals surface area contributed by atoms with Crippen molar-refractivity contribution >= 4 is 0 Å². The highest BCUT2D eigenvalue weighted by atomic mass is 16.5. The number of ether oxygens (including phenoxy) is 1. The van der Waals surface area contributed by atoms with Gasteiger partial charge in [-0.05, 0) is 25.9 Å². The van der Waals surface area contributed by atoms with Gasteiger partial charge >= 0.3 is 0 Å². The summed E-state index contributed by atoms with van der Waals surface area (Å²) >= 11 is 0. The van der Waals surface area contributed by atoms with Crippen LogP contribution >= 0.6 is 0 Å². The molecule has 0 unspecified atom stereocenters. The van der Waals surface area contributed by atoms with Gasteiger partial charge in [-0.1, -0.05) is 20.3 Å². The summed E-state index contributed by atoms with van der Waals surface area (Å²) in [5, 5.41) is 3.45. The van der Waals surface area contributed by atoms with Gasteiger partial charge in [-0.15, -0.1) is 0 Å². The van der Waals surface area contributed by atoms with Crippen molar-refractivity contribution in [2.24, 2.45) is 0 Å². The van der Waals surface area contributed by atoms with Gasteiger partial charge in [0.05, 0.1) is 13.2 Å². The van der Waals surface area contributed by atoms with Gasteiger partial charge in [0.15, 0.2) is 0 Å². The zero-order valence-corrected chi connectivity index (χ0v) is 10.3. The number of nitrogens with one attached hydrogen (secondary N) is 1. The molecule has 1 rings (SSSR count). The van der Waals surface area contributed by atoms with Gasteiger partial charge in [0, 0.05) is 19.1 Å². The van der Waals surface area contributed by atoms with Crippen LogP contribution in [0.15, 0.2) is 0 Å². The Morgan fingerprint density at radius 2 is 1.87 bits per heavy atom. The summed E-state index contributed by atoms with van der Waals surface area (Å²) < 4.78 is 5.32. The first-order chi connectivity index (χ1) is 7.29. The summed E-state index contributed by atoms with van der Waals surface area (Å²) in [6.45, 7) is 10.9. The van der Waals surface area contributed by atoms with E-state index in [0.717, 1.165) is 26.3 Å². The highest BCUT2D eigenvalue weighted by Gasteiger charge is 2.08. The predicted molar refractivity (Wildman–Crippen MR) is 64.2 cm³/mol. The van der Waals surface area contributed by atoms with Crippen molar-refractivity contribution in [1.29, 1.82) is 0 Å². The molecule has 1 saturated heterocycles. The minimum absolute atomic E-state index is 0.629. The molecule has 3 nitrogen and oxygen atoms in total. The molecule has 0 amide bonds. The number of morpholine rings is 1. The smallest absolute Gasteiger partial charge is 0.0594 e. The van der Waals surface area contributed by atoms with Crippen LogP contribution in [0.3, 0.4) is 0 Å². The van der Waals surface area contributed by atoms with E-state index in [9.17, 15) is 0 Å². The summed E-state index contributed by atoms with van der Waals surface area (Å²) in [6.07, 6.45) is 3.99. The maximum absolute atomic E-state index is 5.32. The van der Waals surface area contributed by atoms with Crippen molar-refractivity contribution < 1.29 is 4.74 Å². The van der Waals surface area contributed by atoms with Gasteiger partial charge < -0.3 is 10.1 Å². The molecule has 0 saturated carbocycles. The average Bonchev–Trinajstić information content (AvgIpc) is 2.24. The Hall–Kier alpha value is -0.120. The van der Waals surface area contributed by atoms with Crippen LogP contribution in [0.1, 0.15) is 33.1 Å². The molecule has 0 spiro atoms. The lowest BCUT2D eigenvalue weighted by molar-refractivity contribution is 0.0371. The second kappa shape index (κ2) is 8.08. The molecule has 1 aliphatic heterocycles. The van der Waals surface area contributed by atoms with E-state index in [4.69, 9.17) is 4.74 Å². The summed E-state index contributed by atoms with van der Waals surface area (Å²) in [6, 6.07) is 0.629. The third kappa shape index (κ3) is 6.88. The summed E-state index contributed by atoms with van der Waals surface area (Å²) in [7, 11) is 0. The Kier molecular flexibility index (Phi) is 6.98. The molecule has 0 bridgehead atoms. The topological polar surface area (TPSA) is 24.5 Å². The van der Waals surface area contributed by atoms with E-state index in [2.05, 4.69) is 24.1 Å². The number of nitrogens with zero attached hydrogens (tertiary/aromatic N) is 1. The van der Waals surface area contributed by atoms with Gasteiger partial charge in [-0.2, -0.15) is 0 Å². The molecule has 0 radical (unpaired) electrons. The highest BCUT2D eigenvalue weighted by molar-refractivity contribution is 4.62. The predicted octanol–water partition coefficient (Wildman–Crippen LogP) is 1.49. The Balaban J connectivity index is 1.83. The fraction of sp³-hybridized carbons (Fsp3) is 1.00. The van der Waals surface area contributed by atoms with Gasteiger partial charge in [0.2, 0.25) is 0 Å². The van der Waals surface area contributed by atoms with Gasteiger partial charge in [-0.3, -0.25) is 4.90 Å². The van der Waals surface area contributed by atoms with Gasteiger partial charge in [0.25, 0.3) is 0 Å². The molecule has 0 atom stereocenters. The normalized spacial score (nSPS) is 18.6. The maximum atomic E-state index is 5.32. The van der Waals surface area contributed by atoms with E-state index >= 15 is 0 Å². The van der Waals surface area contributed by atoms with Crippen molar-refractivity contribution in [3.63, 3.8) is 0 Å². The molecule has 15 heavy (non-hydrogen) atoms. The first-order valence-electron chi connectivity index (χ1n) is 6.32. The van der Waals surface area contributed by atoms with Crippen LogP contribution in [-0.2, 0) is 4.74 Å². The van der Waals surface area contributed by atoms with Gasteiger partial charge in [-0.25, -0.2) is 0 Å². The Bertz CT molecular complexity index is 145. The molecule has 1 aliphatic rings. The molecular weight excluding hydrogens is 188 g/mol. The quantitative estimate of drug-likeness (QED) is 0.650. The van der Waals surface area contributed by atoms with E-state index < -0.39 is 0 Å². The number of rotatable bonds is 7. The second-order valence-corrected chi connectivity index (χ2v) is 4.62. The molecule has 1 N–H and O–H groups in total. The van der Waals surface area contributed by atoms with Crippen molar-refractivity contribution in [2.75, 3.05) is 39.4 Å². The number of hydrogen-bond acceptors (Lipinski definition) is 3. The fourth-order valence-corrected chi connectivity index (χ4v) is 1.85. The first-order valence-corrected chi connectivity index (χ1v) is 6.32. The van der Waals surface area contributed by atoms with Crippen molar-refractivity contribution in [2.45, 2.75) is 39.2 Å². The van der Waals surface area contributed by atoms with Crippen LogP contribution in [0.4, 0.5) is 0 Å². The van der Waals surface area contributed by atoms with Crippen LogP contribution in [0, 0.1) is 0 Å². The SMILES string of the molecule is CC(C)NCCCCCN1CCOCC1. The Labute approximate surface area is 94.2 Å². The molecule has 3 heteroatoms. The van der Waals surface area contributed by atoms with Crippen molar-refractivity contribution in [1.82, 2.24) is 10.2 Å². The fourth-order valence-electron chi connectivity index (χ4n) is 1.85. The summed E-state index contributed by atoms with van der Waals surface area (Å²) in [4.78, 5) is 2.51. The lowest BCUT2D eigenvalue weighted by Gasteiger charge is -2.26. The van der Waals surface area contributed by atoms with E-state index in [1.807, 2.05) is 0 Å². The van der Waals surface area contributed by atoms with E-state index in [1.54, 1.807) is 0 Å². The lowest BCUT2D eigenvalue weighted by atomic mass is 10.2. The number of hydrogen-bond donors (Lipinski definition) is 1. The molecule has 0 aromatic heterocycles.